The first kappa shape index (κ1) is 25.7. The number of nitrogen functional groups attached to an aromatic ring is 1. The smallest absolute Gasteiger partial charge is 0.417 e. The number of hydrogen-bond donors (Lipinski definition) is 1. The molecular formula is C23H29F3N6O4. The Morgan fingerprint density at radius 2 is 1.86 bits per heavy atom. The fourth-order valence-electron chi connectivity index (χ4n) is 3.91. The molecular weight excluding hydrogens is 481 g/mol. The number of nitrogens with two attached hydrogens (primary N) is 1. The zero-order valence-electron chi connectivity index (χ0n) is 20.3. The maximum absolute atomic E-state index is 13.8. The Labute approximate surface area is 206 Å². The second-order valence-electron chi connectivity index (χ2n) is 9.60. The number of nitrogens with zero attached hydrogens (tertiary/aromatic N) is 5. The lowest BCUT2D eigenvalue weighted by atomic mass is 10.1. The van der Waals surface area contributed by atoms with Crippen LogP contribution in [-0.4, -0.2) is 77.0 Å². The van der Waals surface area contributed by atoms with Gasteiger partial charge in [0.15, 0.2) is 0 Å². The summed E-state index contributed by atoms with van der Waals surface area (Å²) in [6.07, 6.45) is -3.97. The lowest BCUT2D eigenvalue weighted by Gasteiger charge is -2.27. The van der Waals surface area contributed by atoms with Crippen molar-refractivity contribution < 1.29 is 32.2 Å². The van der Waals surface area contributed by atoms with Crippen molar-refractivity contribution in [3.8, 4) is 17.1 Å². The summed E-state index contributed by atoms with van der Waals surface area (Å²) in [5.41, 5.74) is 3.71. The number of hydrogen-bond acceptors (Lipinski definition) is 9. The third-order valence-electron chi connectivity index (χ3n) is 5.58. The van der Waals surface area contributed by atoms with Gasteiger partial charge in [0.2, 0.25) is 11.8 Å². The maximum Gasteiger partial charge on any atom is 0.417 e. The molecule has 1 atom stereocenters. The molecule has 196 valence electrons. The summed E-state index contributed by atoms with van der Waals surface area (Å²) in [6.45, 7) is 7.87. The zero-order chi connectivity index (χ0) is 26.1. The van der Waals surface area contributed by atoms with Crippen molar-refractivity contribution >= 4 is 17.9 Å². The predicted molar refractivity (Wildman–Crippen MR) is 125 cm³/mol. The third-order valence-corrected chi connectivity index (χ3v) is 5.58. The van der Waals surface area contributed by atoms with Crippen molar-refractivity contribution in [3.05, 3.63) is 23.9 Å². The van der Waals surface area contributed by atoms with Gasteiger partial charge in [-0.15, -0.1) is 0 Å². The summed E-state index contributed by atoms with van der Waals surface area (Å²) in [5, 5.41) is 0. The number of alkyl halides is 3. The highest BCUT2D eigenvalue weighted by Crippen LogP contribution is 2.38. The average Bonchev–Trinajstić information content (AvgIpc) is 3.26. The molecule has 2 aliphatic rings. The van der Waals surface area contributed by atoms with E-state index in [4.69, 9.17) is 19.9 Å². The minimum absolute atomic E-state index is 0.00307. The number of pyridine rings is 1. The van der Waals surface area contributed by atoms with Crippen molar-refractivity contribution in [2.75, 3.05) is 50.0 Å². The third kappa shape index (κ3) is 6.25. The standard InChI is InChI=1S/C23H29F3N6O4/c1-22(2,3)36-21(33)32-5-4-14(13-32)35-19-11-17(29-20(30-19)31-6-8-34-9-7-31)15-12-28-18(27)10-16(15)23(24,25)26/h10-12,14H,4-9,13H2,1-3H3,(H2,27,28)/t14-/m1/s1. The Balaban J connectivity index is 1.63. The molecule has 0 saturated carbocycles. The van der Waals surface area contributed by atoms with Crippen LogP contribution in [0.2, 0.25) is 0 Å². The zero-order valence-corrected chi connectivity index (χ0v) is 20.3. The normalized spacial score (nSPS) is 18.9. The molecule has 2 aromatic heterocycles. The summed E-state index contributed by atoms with van der Waals surface area (Å²) < 4.78 is 58.2. The Morgan fingerprint density at radius 3 is 2.53 bits per heavy atom. The molecule has 2 fully saturated rings. The van der Waals surface area contributed by atoms with Crippen molar-refractivity contribution in [1.29, 1.82) is 0 Å². The molecule has 2 saturated heterocycles. The van der Waals surface area contributed by atoms with Crippen LogP contribution in [0.25, 0.3) is 11.3 Å². The number of ether oxygens (including phenoxy) is 3. The lowest BCUT2D eigenvalue weighted by molar-refractivity contribution is -0.137. The van der Waals surface area contributed by atoms with Crippen LogP contribution >= 0.6 is 0 Å². The number of carbonyl (C=O) groups is 1. The van der Waals surface area contributed by atoms with Gasteiger partial charge >= 0.3 is 12.3 Å². The molecule has 2 aliphatic heterocycles. The first-order valence-corrected chi connectivity index (χ1v) is 11.6. The average molecular weight is 511 g/mol. The van der Waals surface area contributed by atoms with E-state index in [2.05, 4.69) is 15.0 Å². The van der Waals surface area contributed by atoms with Crippen LogP contribution in [0.5, 0.6) is 5.88 Å². The van der Waals surface area contributed by atoms with Crippen molar-refractivity contribution in [1.82, 2.24) is 19.9 Å². The van der Waals surface area contributed by atoms with Crippen LogP contribution in [-0.2, 0) is 15.7 Å². The number of aromatic nitrogens is 3. The molecule has 10 nitrogen and oxygen atoms in total. The van der Waals surface area contributed by atoms with Gasteiger partial charge in [-0.1, -0.05) is 0 Å². The quantitative estimate of drug-likeness (QED) is 0.661. The molecule has 0 aliphatic carbocycles. The predicted octanol–water partition coefficient (Wildman–Crippen LogP) is 3.36. The SMILES string of the molecule is CC(C)(C)OC(=O)N1CC[C@@H](Oc2cc(-c3cnc(N)cc3C(F)(F)F)nc(N3CCOCC3)n2)C1. The second-order valence-corrected chi connectivity index (χ2v) is 9.60. The molecule has 0 spiro atoms. The van der Waals surface area contributed by atoms with E-state index in [1.165, 1.54) is 11.0 Å². The minimum Gasteiger partial charge on any atom is -0.472 e. The van der Waals surface area contributed by atoms with Gasteiger partial charge in [0.1, 0.15) is 17.5 Å². The van der Waals surface area contributed by atoms with E-state index in [0.29, 0.717) is 39.3 Å². The number of carbonyl (C=O) groups excluding carboxylic acids is 1. The highest BCUT2D eigenvalue weighted by atomic mass is 19.4. The maximum atomic E-state index is 13.8. The molecule has 4 rings (SSSR count). The molecule has 0 aromatic carbocycles. The number of anilines is 2. The Hall–Kier alpha value is -3.35. The molecule has 13 heteroatoms. The molecule has 4 heterocycles. The summed E-state index contributed by atoms with van der Waals surface area (Å²) in [6, 6.07) is 2.13. The second kappa shape index (κ2) is 9.96. The first-order valence-electron chi connectivity index (χ1n) is 11.6. The van der Waals surface area contributed by atoms with Gasteiger partial charge in [-0.3, -0.25) is 0 Å². The van der Waals surface area contributed by atoms with Gasteiger partial charge in [-0.2, -0.15) is 18.2 Å². The molecule has 0 radical (unpaired) electrons. The van der Waals surface area contributed by atoms with Crippen molar-refractivity contribution in [2.45, 2.75) is 45.1 Å². The van der Waals surface area contributed by atoms with E-state index in [1.807, 2.05) is 4.90 Å². The van der Waals surface area contributed by atoms with Gasteiger partial charge in [0, 0.05) is 43.9 Å². The van der Waals surface area contributed by atoms with Crippen LogP contribution in [0.15, 0.2) is 18.3 Å². The van der Waals surface area contributed by atoms with Crippen LogP contribution in [0, 0.1) is 0 Å². The lowest BCUT2D eigenvalue weighted by Crippen LogP contribution is -2.37. The number of morpholine rings is 1. The molecule has 2 aromatic rings. The van der Waals surface area contributed by atoms with E-state index >= 15 is 0 Å². The van der Waals surface area contributed by atoms with E-state index in [9.17, 15) is 18.0 Å². The summed E-state index contributed by atoms with van der Waals surface area (Å²) in [7, 11) is 0. The Kier molecular flexibility index (Phi) is 7.12. The highest BCUT2D eigenvalue weighted by Gasteiger charge is 2.36. The Morgan fingerprint density at radius 1 is 1.14 bits per heavy atom. The van der Waals surface area contributed by atoms with Gasteiger partial charge < -0.3 is 29.7 Å². The highest BCUT2D eigenvalue weighted by molar-refractivity contribution is 5.69. The summed E-state index contributed by atoms with van der Waals surface area (Å²) in [5.74, 6) is 0.0680. The molecule has 1 amide bonds. The minimum atomic E-state index is -4.67. The van der Waals surface area contributed by atoms with Crippen molar-refractivity contribution in [3.63, 3.8) is 0 Å². The van der Waals surface area contributed by atoms with Gasteiger partial charge in [0.05, 0.1) is 31.0 Å². The van der Waals surface area contributed by atoms with Gasteiger partial charge in [0.25, 0.3) is 0 Å². The van der Waals surface area contributed by atoms with E-state index in [-0.39, 0.29) is 35.4 Å². The fraction of sp³-hybridized carbons (Fsp3) is 0.565. The first-order chi connectivity index (χ1) is 16.9. The van der Waals surface area contributed by atoms with Crippen LogP contribution in [0.3, 0.4) is 0 Å². The molecule has 2 N–H and O–H groups in total. The molecule has 36 heavy (non-hydrogen) atoms. The van der Waals surface area contributed by atoms with Crippen LogP contribution in [0.4, 0.5) is 29.7 Å². The van der Waals surface area contributed by atoms with E-state index in [1.54, 1.807) is 20.8 Å². The van der Waals surface area contributed by atoms with Crippen molar-refractivity contribution in [2.24, 2.45) is 0 Å². The van der Waals surface area contributed by atoms with Gasteiger partial charge in [-0.25, -0.2) is 14.8 Å². The molecule has 0 unspecified atom stereocenters. The molecule has 0 bridgehead atoms. The largest absolute Gasteiger partial charge is 0.472 e. The van der Waals surface area contributed by atoms with E-state index < -0.39 is 29.5 Å². The number of rotatable bonds is 4. The van der Waals surface area contributed by atoms with Crippen LogP contribution in [0.1, 0.15) is 32.8 Å². The monoisotopic (exact) mass is 510 g/mol. The summed E-state index contributed by atoms with van der Waals surface area (Å²) >= 11 is 0. The van der Waals surface area contributed by atoms with E-state index in [0.717, 1.165) is 12.3 Å². The summed E-state index contributed by atoms with van der Waals surface area (Å²) in [4.78, 5) is 28.5. The van der Waals surface area contributed by atoms with Crippen LogP contribution < -0.4 is 15.4 Å². The van der Waals surface area contributed by atoms with Gasteiger partial charge in [-0.05, 0) is 26.8 Å². The fourth-order valence-corrected chi connectivity index (χ4v) is 3.91. The topological polar surface area (TPSA) is 116 Å². The number of likely N-dealkylation sites (tertiary alicyclic amines) is 1. The number of amides is 1. The number of halogens is 3. The Bertz CT molecular complexity index is 1100.